The molecule has 1 atom stereocenters. The van der Waals surface area contributed by atoms with E-state index in [9.17, 15) is 8.78 Å². The third-order valence-corrected chi connectivity index (χ3v) is 3.67. The SMILES string of the molecule is Cc1cc(F)c(C(C)NCc2ccsc2)cc1F. The Kier molecular flexibility index (Phi) is 4.09. The molecular formula is C14H15F2NS. The van der Waals surface area contributed by atoms with Crippen molar-refractivity contribution in [3.05, 3.63) is 57.3 Å². The zero-order valence-electron chi connectivity index (χ0n) is 10.3. The Morgan fingerprint density at radius 3 is 2.72 bits per heavy atom. The van der Waals surface area contributed by atoms with Crippen LogP contribution in [0.1, 0.15) is 29.7 Å². The van der Waals surface area contributed by atoms with Crippen LogP contribution in [0.15, 0.2) is 29.0 Å². The fourth-order valence-electron chi connectivity index (χ4n) is 1.77. The summed E-state index contributed by atoms with van der Waals surface area (Å²) in [5.74, 6) is -0.727. The summed E-state index contributed by atoms with van der Waals surface area (Å²) in [5.41, 5.74) is 1.86. The number of hydrogen-bond donors (Lipinski definition) is 1. The highest BCUT2D eigenvalue weighted by molar-refractivity contribution is 7.07. The molecule has 2 rings (SSSR count). The Morgan fingerprint density at radius 1 is 1.28 bits per heavy atom. The van der Waals surface area contributed by atoms with E-state index in [2.05, 4.69) is 5.32 Å². The van der Waals surface area contributed by atoms with Gasteiger partial charge >= 0.3 is 0 Å². The van der Waals surface area contributed by atoms with Crippen LogP contribution in [0, 0.1) is 18.6 Å². The van der Waals surface area contributed by atoms with Crippen molar-refractivity contribution in [2.75, 3.05) is 0 Å². The van der Waals surface area contributed by atoms with Gasteiger partial charge in [0.05, 0.1) is 0 Å². The van der Waals surface area contributed by atoms with Gasteiger partial charge < -0.3 is 5.32 Å². The largest absolute Gasteiger partial charge is 0.306 e. The molecule has 0 amide bonds. The van der Waals surface area contributed by atoms with Crippen LogP contribution >= 0.6 is 11.3 Å². The number of benzene rings is 1. The molecule has 2 aromatic rings. The third-order valence-electron chi connectivity index (χ3n) is 2.94. The third kappa shape index (κ3) is 2.94. The lowest BCUT2D eigenvalue weighted by Gasteiger charge is -2.15. The quantitative estimate of drug-likeness (QED) is 0.876. The molecule has 0 aliphatic carbocycles. The molecule has 1 N–H and O–H groups in total. The monoisotopic (exact) mass is 267 g/mol. The number of halogens is 2. The van der Waals surface area contributed by atoms with Crippen LogP contribution in [0.3, 0.4) is 0 Å². The molecule has 0 saturated carbocycles. The predicted molar refractivity (Wildman–Crippen MR) is 70.7 cm³/mol. The molecule has 0 bridgehead atoms. The average molecular weight is 267 g/mol. The van der Waals surface area contributed by atoms with E-state index in [0.717, 1.165) is 5.56 Å². The minimum Gasteiger partial charge on any atom is -0.306 e. The van der Waals surface area contributed by atoms with Crippen LogP contribution in [0.25, 0.3) is 0 Å². The van der Waals surface area contributed by atoms with Gasteiger partial charge in [0.1, 0.15) is 11.6 Å². The minimum atomic E-state index is -0.365. The van der Waals surface area contributed by atoms with E-state index in [4.69, 9.17) is 0 Å². The van der Waals surface area contributed by atoms with E-state index >= 15 is 0 Å². The lowest BCUT2D eigenvalue weighted by molar-refractivity contribution is 0.517. The number of nitrogens with one attached hydrogen (secondary N) is 1. The van der Waals surface area contributed by atoms with Gasteiger partial charge in [0.25, 0.3) is 0 Å². The van der Waals surface area contributed by atoms with Gasteiger partial charge in [0, 0.05) is 18.2 Å². The average Bonchev–Trinajstić information content (AvgIpc) is 2.84. The van der Waals surface area contributed by atoms with E-state index in [-0.39, 0.29) is 17.7 Å². The van der Waals surface area contributed by atoms with E-state index in [1.165, 1.54) is 12.1 Å². The summed E-state index contributed by atoms with van der Waals surface area (Å²) in [7, 11) is 0. The molecule has 0 aliphatic rings. The van der Waals surface area contributed by atoms with Crippen LogP contribution in [-0.4, -0.2) is 0 Å². The van der Waals surface area contributed by atoms with Crippen molar-refractivity contribution in [2.24, 2.45) is 0 Å². The molecule has 1 nitrogen and oxygen atoms in total. The van der Waals surface area contributed by atoms with Crippen molar-refractivity contribution in [1.29, 1.82) is 0 Å². The Bertz CT molecular complexity index is 523. The Balaban J connectivity index is 2.09. The molecule has 1 aromatic carbocycles. The van der Waals surface area contributed by atoms with E-state index in [0.29, 0.717) is 17.7 Å². The standard InChI is InChI=1S/C14H15F2NS/c1-9-5-14(16)12(6-13(9)15)10(2)17-7-11-3-4-18-8-11/h3-6,8,10,17H,7H2,1-2H3. The van der Waals surface area contributed by atoms with Gasteiger partial charge in [-0.05, 0) is 53.9 Å². The van der Waals surface area contributed by atoms with Crippen LogP contribution in [0.2, 0.25) is 0 Å². The zero-order valence-corrected chi connectivity index (χ0v) is 11.2. The molecule has 1 unspecified atom stereocenters. The molecule has 1 heterocycles. The molecule has 0 radical (unpaired) electrons. The van der Waals surface area contributed by atoms with E-state index in [1.807, 2.05) is 23.8 Å². The van der Waals surface area contributed by atoms with Crippen LogP contribution in [-0.2, 0) is 6.54 Å². The van der Waals surface area contributed by atoms with Crippen LogP contribution in [0.5, 0.6) is 0 Å². The van der Waals surface area contributed by atoms with Gasteiger partial charge in [-0.2, -0.15) is 11.3 Å². The maximum Gasteiger partial charge on any atom is 0.128 e. The predicted octanol–water partition coefficient (Wildman–Crippen LogP) is 4.19. The molecule has 18 heavy (non-hydrogen) atoms. The first kappa shape index (κ1) is 13.2. The second-order valence-electron chi connectivity index (χ2n) is 4.36. The molecule has 0 saturated heterocycles. The second-order valence-corrected chi connectivity index (χ2v) is 5.14. The van der Waals surface area contributed by atoms with Gasteiger partial charge in [0.2, 0.25) is 0 Å². The molecule has 0 fully saturated rings. The van der Waals surface area contributed by atoms with Gasteiger partial charge in [-0.3, -0.25) is 0 Å². The van der Waals surface area contributed by atoms with Crippen molar-refractivity contribution in [3.63, 3.8) is 0 Å². The minimum absolute atomic E-state index is 0.222. The summed E-state index contributed by atoms with van der Waals surface area (Å²) in [5, 5.41) is 7.22. The van der Waals surface area contributed by atoms with Crippen molar-refractivity contribution < 1.29 is 8.78 Å². The number of aryl methyl sites for hydroxylation is 1. The van der Waals surface area contributed by atoms with Gasteiger partial charge in [0.15, 0.2) is 0 Å². The van der Waals surface area contributed by atoms with Gasteiger partial charge in [-0.1, -0.05) is 0 Å². The highest BCUT2D eigenvalue weighted by Gasteiger charge is 2.13. The smallest absolute Gasteiger partial charge is 0.128 e. The number of thiophene rings is 1. The summed E-state index contributed by atoms with van der Waals surface area (Å²) in [4.78, 5) is 0. The first-order valence-electron chi connectivity index (χ1n) is 5.78. The van der Waals surface area contributed by atoms with Crippen LogP contribution < -0.4 is 5.32 Å². The van der Waals surface area contributed by atoms with Crippen molar-refractivity contribution in [3.8, 4) is 0 Å². The summed E-state index contributed by atoms with van der Waals surface area (Å²) >= 11 is 1.62. The maximum absolute atomic E-state index is 13.7. The Labute approximate surface area is 109 Å². The zero-order chi connectivity index (χ0) is 13.1. The van der Waals surface area contributed by atoms with Gasteiger partial charge in [-0.25, -0.2) is 8.78 Å². The normalized spacial score (nSPS) is 12.7. The first-order chi connectivity index (χ1) is 8.58. The fraction of sp³-hybridized carbons (Fsp3) is 0.286. The van der Waals surface area contributed by atoms with E-state index in [1.54, 1.807) is 18.3 Å². The lowest BCUT2D eigenvalue weighted by atomic mass is 10.0. The summed E-state index contributed by atoms with van der Waals surface area (Å²) in [6.07, 6.45) is 0. The topological polar surface area (TPSA) is 12.0 Å². The Hall–Kier alpha value is -1.26. The molecular weight excluding hydrogens is 252 g/mol. The molecule has 0 spiro atoms. The van der Waals surface area contributed by atoms with Crippen molar-refractivity contribution in [1.82, 2.24) is 5.32 Å². The Morgan fingerprint density at radius 2 is 2.06 bits per heavy atom. The first-order valence-corrected chi connectivity index (χ1v) is 6.72. The molecule has 4 heteroatoms. The fourth-order valence-corrected chi connectivity index (χ4v) is 2.44. The second kappa shape index (κ2) is 5.59. The summed E-state index contributed by atoms with van der Waals surface area (Å²) in [6.45, 7) is 4.05. The van der Waals surface area contributed by atoms with Gasteiger partial charge in [-0.15, -0.1) is 0 Å². The molecule has 96 valence electrons. The molecule has 0 aliphatic heterocycles. The summed E-state index contributed by atoms with van der Waals surface area (Å²) < 4.78 is 27.2. The lowest BCUT2D eigenvalue weighted by Crippen LogP contribution is -2.19. The van der Waals surface area contributed by atoms with E-state index < -0.39 is 0 Å². The number of rotatable bonds is 4. The van der Waals surface area contributed by atoms with Crippen molar-refractivity contribution >= 4 is 11.3 Å². The molecule has 1 aromatic heterocycles. The number of hydrogen-bond acceptors (Lipinski definition) is 2. The summed E-state index contributed by atoms with van der Waals surface area (Å²) in [6, 6.07) is 4.31. The highest BCUT2D eigenvalue weighted by Crippen LogP contribution is 2.21. The maximum atomic E-state index is 13.7. The highest BCUT2D eigenvalue weighted by atomic mass is 32.1. The van der Waals surface area contributed by atoms with Crippen LogP contribution in [0.4, 0.5) is 8.78 Å². The van der Waals surface area contributed by atoms with Crippen molar-refractivity contribution in [2.45, 2.75) is 26.4 Å².